The van der Waals surface area contributed by atoms with Gasteiger partial charge in [-0.25, -0.2) is 0 Å². The number of imide groups is 1. The van der Waals surface area contributed by atoms with Gasteiger partial charge < -0.3 is 19.8 Å². The predicted molar refractivity (Wildman–Crippen MR) is 104 cm³/mol. The number of ether oxygens (including phenoxy) is 1. The molecule has 162 valence electrons. The van der Waals surface area contributed by atoms with Gasteiger partial charge in [-0.3, -0.25) is 14.5 Å². The molecule has 4 fully saturated rings. The van der Waals surface area contributed by atoms with Gasteiger partial charge in [0.1, 0.15) is 6.61 Å². The molecule has 0 bridgehead atoms. The van der Waals surface area contributed by atoms with E-state index in [9.17, 15) is 19.8 Å². The van der Waals surface area contributed by atoms with Crippen LogP contribution in [0.2, 0.25) is 0 Å². The number of nitrogens with zero attached hydrogens (tertiary/aromatic N) is 2. The molecule has 8 nitrogen and oxygen atoms in total. The van der Waals surface area contributed by atoms with Crippen molar-refractivity contribution in [2.75, 3.05) is 19.8 Å². The van der Waals surface area contributed by atoms with Gasteiger partial charge in [0.15, 0.2) is 0 Å². The molecule has 7 atom stereocenters. The fourth-order valence-corrected chi connectivity index (χ4v) is 5.48. The van der Waals surface area contributed by atoms with Gasteiger partial charge in [-0.2, -0.15) is 0 Å². The first-order valence-electron chi connectivity index (χ1n) is 10.9. The standard InChI is InChI=1S/C21H32N2O6/c1-11(2)10-29-22-15-8-16(24)19(25)17-13(15)5-6-14-18(17)21(27)23(20(14)26)9-12-4-3-7-28-12/h11-14,16-19,24-25H,3-10H2,1-2H3/t12-,13+,14+,16+,17-,18+,19+/m0/s1. The van der Waals surface area contributed by atoms with Crippen molar-refractivity contribution < 1.29 is 29.4 Å². The molecule has 29 heavy (non-hydrogen) atoms. The number of fused-ring (bicyclic) bond motifs is 3. The molecule has 2 aliphatic heterocycles. The summed E-state index contributed by atoms with van der Waals surface area (Å²) in [5, 5.41) is 25.5. The summed E-state index contributed by atoms with van der Waals surface area (Å²) in [4.78, 5) is 33.0. The summed E-state index contributed by atoms with van der Waals surface area (Å²) in [5.74, 6) is -1.76. The van der Waals surface area contributed by atoms with Crippen LogP contribution in [0.25, 0.3) is 0 Å². The zero-order chi connectivity index (χ0) is 20.7. The molecule has 2 amide bonds. The fraction of sp³-hybridized carbons (Fsp3) is 0.857. The Morgan fingerprint density at radius 1 is 1.17 bits per heavy atom. The molecule has 2 N–H and O–H groups in total. The number of carbonyl (C=O) groups is 2. The molecule has 0 radical (unpaired) electrons. The van der Waals surface area contributed by atoms with Crippen LogP contribution in [-0.4, -0.2) is 70.7 Å². The number of carbonyl (C=O) groups excluding carboxylic acids is 2. The molecule has 0 spiro atoms. The molecule has 2 aliphatic carbocycles. The lowest BCUT2D eigenvalue weighted by atomic mass is 9.60. The average molecular weight is 408 g/mol. The molecular formula is C21H32N2O6. The Balaban J connectivity index is 1.56. The molecule has 0 aromatic rings. The molecule has 0 unspecified atom stereocenters. The van der Waals surface area contributed by atoms with Crippen molar-refractivity contribution >= 4 is 17.5 Å². The maximum absolute atomic E-state index is 13.2. The second kappa shape index (κ2) is 8.32. The SMILES string of the molecule is CC(C)CON=C1C[C@@H](O)[C@@H](O)[C@@H]2[C@@H]3C(=O)N(C[C@@H]4CCCO4)C(=O)[C@@H]3CC[C@H]12. The number of aliphatic hydroxyl groups is 2. The lowest BCUT2D eigenvalue weighted by Crippen LogP contribution is -2.54. The Hall–Kier alpha value is -1.51. The first kappa shape index (κ1) is 20.8. The topological polar surface area (TPSA) is 109 Å². The lowest BCUT2D eigenvalue weighted by Gasteiger charge is -2.45. The summed E-state index contributed by atoms with van der Waals surface area (Å²) in [6.07, 6.45) is 1.13. The molecule has 4 aliphatic rings. The van der Waals surface area contributed by atoms with E-state index >= 15 is 0 Å². The molecule has 2 saturated heterocycles. The van der Waals surface area contributed by atoms with E-state index in [1.165, 1.54) is 4.90 Å². The Morgan fingerprint density at radius 2 is 1.93 bits per heavy atom. The highest BCUT2D eigenvalue weighted by Gasteiger charge is 2.59. The zero-order valence-electron chi connectivity index (χ0n) is 17.2. The number of likely N-dealkylation sites (tertiary alicyclic amines) is 1. The highest BCUT2D eigenvalue weighted by atomic mass is 16.6. The number of hydrogen-bond donors (Lipinski definition) is 2. The summed E-state index contributed by atoms with van der Waals surface area (Å²) >= 11 is 0. The number of oxime groups is 1. The number of amides is 2. The van der Waals surface area contributed by atoms with Crippen LogP contribution in [0.4, 0.5) is 0 Å². The first-order chi connectivity index (χ1) is 13.9. The van der Waals surface area contributed by atoms with Crippen molar-refractivity contribution in [2.24, 2.45) is 34.7 Å². The Labute approximate surface area is 171 Å². The lowest BCUT2D eigenvalue weighted by molar-refractivity contribution is -0.143. The highest BCUT2D eigenvalue weighted by Crippen LogP contribution is 2.49. The molecule has 4 rings (SSSR count). The van der Waals surface area contributed by atoms with E-state index in [1.807, 2.05) is 13.8 Å². The smallest absolute Gasteiger partial charge is 0.233 e. The van der Waals surface area contributed by atoms with E-state index in [4.69, 9.17) is 9.57 Å². The van der Waals surface area contributed by atoms with Gasteiger partial charge in [0.25, 0.3) is 0 Å². The van der Waals surface area contributed by atoms with Gasteiger partial charge in [-0.15, -0.1) is 0 Å². The zero-order valence-corrected chi connectivity index (χ0v) is 17.2. The molecule has 2 heterocycles. The third-order valence-electron chi connectivity index (χ3n) is 6.87. The molecule has 0 aromatic heterocycles. The van der Waals surface area contributed by atoms with Gasteiger partial charge >= 0.3 is 0 Å². The van der Waals surface area contributed by atoms with Crippen molar-refractivity contribution in [3.8, 4) is 0 Å². The van der Waals surface area contributed by atoms with E-state index in [0.717, 1.165) is 12.8 Å². The van der Waals surface area contributed by atoms with Crippen molar-refractivity contribution in [1.29, 1.82) is 0 Å². The third kappa shape index (κ3) is 3.82. The molecule has 8 heteroatoms. The Morgan fingerprint density at radius 3 is 2.62 bits per heavy atom. The van der Waals surface area contributed by atoms with Crippen LogP contribution in [0.15, 0.2) is 5.16 Å². The minimum absolute atomic E-state index is 0.0951. The van der Waals surface area contributed by atoms with Crippen LogP contribution in [-0.2, 0) is 19.2 Å². The Bertz CT molecular complexity index is 674. The van der Waals surface area contributed by atoms with E-state index in [0.29, 0.717) is 44.2 Å². The summed E-state index contributed by atoms with van der Waals surface area (Å²) < 4.78 is 5.62. The van der Waals surface area contributed by atoms with Crippen LogP contribution in [0.3, 0.4) is 0 Å². The van der Waals surface area contributed by atoms with Crippen LogP contribution < -0.4 is 0 Å². The largest absolute Gasteiger partial charge is 0.396 e. The van der Waals surface area contributed by atoms with Crippen molar-refractivity contribution in [1.82, 2.24) is 4.90 Å². The minimum Gasteiger partial charge on any atom is -0.396 e. The number of aliphatic hydroxyl groups excluding tert-OH is 2. The van der Waals surface area contributed by atoms with Crippen LogP contribution in [0.1, 0.15) is 46.0 Å². The van der Waals surface area contributed by atoms with Crippen LogP contribution in [0.5, 0.6) is 0 Å². The van der Waals surface area contributed by atoms with Gasteiger partial charge in [0.05, 0.1) is 42.4 Å². The van der Waals surface area contributed by atoms with Gasteiger partial charge in [0, 0.05) is 24.9 Å². The van der Waals surface area contributed by atoms with E-state index in [2.05, 4.69) is 5.16 Å². The maximum atomic E-state index is 13.2. The molecular weight excluding hydrogens is 376 g/mol. The second-order valence-electron chi connectivity index (χ2n) is 9.35. The van der Waals surface area contributed by atoms with Gasteiger partial charge in [-0.05, 0) is 31.6 Å². The average Bonchev–Trinajstić information content (AvgIpc) is 3.28. The first-order valence-corrected chi connectivity index (χ1v) is 10.9. The predicted octanol–water partition coefficient (Wildman–Crippen LogP) is 0.947. The van der Waals surface area contributed by atoms with E-state index in [1.54, 1.807) is 0 Å². The summed E-state index contributed by atoms with van der Waals surface area (Å²) in [6.45, 7) is 5.48. The van der Waals surface area contributed by atoms with Crippen molar-refractivity contribution in [3.63, 3.8) is 0 Å². The van der Waals surface area contributed by atoms with Gasteiger partial charge in [0.2, 0.25) is 11.8 Å². The number of hydrogen-bond acceptors (Lipinski definition) is 7. The third-order valence-corrected chi connectivity index (χ3v) is 6.87. The molecule has 0 aromatic carbocycles. The highest BCUT2D eigenvalue weighted by molar-refractivity contribution is 6.06. The summed E-state index contributed by atoms with van der Waals surface area (Å²) in [7, 11) is 0. The molecule has 2 saturated carbocycles. The van der Waals surface area contributed by atoms with Gasteiger partial charge in [-0.1, -0.05) is 19.0 Å². The van der Waals surface area contributed by atoms with E-state index < -0.39 is 30.0 Å². The normalized spacial score (nSPS) is 41.2. The maximum Gasteiger partial charge on any atom is 0.233 e. The summed E-state index contributed by atoms with van der Waals surface area (Å²) in [6, 6.07) is 0. The summed E-state index contributed by atoms with van der Waals surface area (Å²) in [5.41, 5.74) is 0.699. The number of rotatable bonds is 5. The fourth-order valence-electron chi connectivity index (χ4n) is 5.48. The van der Waals surface area contributed by atoms with Crippen LogP contribution in [0, 0.1) is 29.6 Å². The second-order valence-corrected chi connectivity index (χ2v) is 9.35. The monoisotopic (exact) mass is 408 g/mol. The van der Waals surface area contributed by atoms with Crippen molar-refractivity contribution in [3.05, 3.63) is 0 Å². The van der Waals surface area contributed by atoms with Crippen molar-refractivity contribution in [2.45, 2.75) is 64.3 Å². The Kier molecular flexibility index (Phi) is 5.95. The van der Waals surface area contributed by atoms with E-state index in [-0.39, 0.29) is 30.3 Å². The minimum atomic E-state index is -1.05. The quantitative estimate of drug-likeness (QED) is 0.518. The van der Waals surface area contributed by atoms with Crippen LogP contribution >= 0.6 is 0 Å².